The number of hydrogen-bond donors (Lipinski definition) is 1. The van der Waals surface area contributed by atoms with E-state index in [-0.39, 0.29) is 24.7 Å². The van der Waals surface area contributed by atoms with E-state index in [9.17, 15) is 0 Å². The van der Waals surface area contributed by atoms with Crippen LogP contribution in [0, 0.1) is 0 Å². The molecule has 1 saturated heterocycles. The van der Waals surface area contributed by atoms with E-state index in [0.29, 0.717) is 5.84 Å². The van der Waals surface area contributed by atoms with Gasteiger partial charge in [-0.2, -0.15) is 0 Å². The lowest BCUT2D eigenvalue weighted by atomic mass is 9.65. The van der Waals surface area contributed by atoms with Crippen molar-refractivity contribution in [1.82, 2.24) is 29.2 Å². The Labute approximate surface area is 778 Å². The number of fused-ring (bicyclic) bond motifs is 17. The summed E-state index contributed by atoms with van der Waals surface area (Å²) in [5, 5.41) is 14.1. The molecule has 0 radical (unpaired) electrons. The average Bonchev–Trinajstić information content (AvgIpc) is 1.49. The fraction of sp³-hybridized carbons (Fsp3) is 0.0635. The Morgan fingerprint density at radius 3 is 1.34 bits per heavy atom. The lowest BCUT2D eigenvalue weighted by Gasteiger charge is -2.51. The molecule has 134 heavy (non-hydrogen) atoms. The topological polar surface area (TPSA) is 56.3 Å². The molecule has 2 aromatic heterocycles. The fourth-order valence-electron chi connectivity index (χ4n) is 23.0. The minimum atomic E-state index is -0.754. The van der Waals surface area contributed by atoms with Gasteiger partial charge in [-0.25, -0.2) is 9.98 Å². The number of aliphatic imine (C=N–C) groups is 2. The number of amidine groups is 2. The van der Waals surface area contributed by atoms with Crippen molar-refractivity contribution >= 4 is 76.8 Å². The zero-order valence-corrected chi connectivity index (χ0v) is 74.3. The van der Waals surface area contributed by atoms with Crippen molar-refractivity contribution in [1.29, 1.82) is 0 Å². The molecule has 5 unspecified atom stereocenters. The van der Waals surface area contributed by atoms with Crippen LogP contribution in [0.25, 0.3) is 166 Å². The van der Waals surface area contributed by atoms with E-state index in [2.05, 4.69) is 511 Å². The molecule has 634 valence electrons. The predicted molar refractivity (Wildman–Crippen MR) is 555 cm³/mol. The van der Waals surface area contributed by atoms with E-state index in [1.165, 1.54) is 143 Å². The summed E-state index contributed by atoms with van der Waals surface area (Å²) in [6.07, 6.45) is -0.944. The Hall–Kier alpha value is -16.5. The van der Waals surface area contributed by atoms with Gasteiger partial charge in [-0.15, -0.1) is 0 Å². The maximum atomic E-state index is 5.54. The summed E-state index contributed by atoms with van der Waals surface area (Å²) >= 11 is 0. The lowest BCUT2D eigenvalue weighted by Crippen LogP contribution is -2.55. The Balaban J connectivity index is 0.594. The van der Waals surface area contributed by atoms with E-state index >= 15 is 0 Å². The second kappa shape index (κ2) is 31.7. The highest BCUT2D eigenvalue weighted by Gasteiger charge is 2.52. The molecule has 4 aliphatic rings. The molecular formula is C126H90N8. The molecule has 3 aliphatic heterocycles. The molecular weight excluding hydrogens is 1630 g/mol. The van der Waals surface area contributed by atoms with Crippen molar-refractivity contribution in [2.45, 2.75) is 30.1 Å². The van der Waals surface area contributed by atoms with Crippen LogP contribution in [-0.2, 0) is 5.41 Å². The zero-order valence-electron chi connectivity index (χ0n) is 74.3. The van der Waals surface area contributed by atoms with Crippen LogP contribution in [0.1, 0.15) is 80.3 Å². The summed E-state index contributed by atoms with van der Waals surface area (Å²) in [6.45, 7) is 0. The first-order valence-electron chi connectivity index (χ1n) is 46.5. The van der Waals surface area contributed by atoms with Crippen molar-refractivity contribution in [2.75, 3.05) is 21.1 Å². The standard InChI is InChI=1S/C126H90N8/c1-130-121(88-35-11-6-12-36-88)127-120(87-59-55-82(56-60-87)80-29-7-4-8-30-80)128-122(130)96-41-26-39-94(76-96)118-100-44-16-14-34-85(100)66-72-102(118)92-67-73-104-103-45-17-21-50-109(103)126(112(104)78-92)110-74-68-91(79-116(110)134-115-54-24-20-48-107(115)108-49-28-51-111(126)119(108)134)90-37-25-40-95(75-90)123-129-124(132(3)125(131(123)2)89-61-57-83(58-62-89)81-31-9-5-10-32-81)97-42-27-38-93(77-97)117-99-43-15-13-33-84(99)65-71-101(117)86-63-69-98(70-64-86)133-113-52-22-18-46-105(113)106-47-19-23-53-114(106)133/h4-79,121,123-125,129H,1-3H3. The van der Waals surface area contributed by atoms with Gasteiger partial charge in [0, 0.05) is 45.4 Å². The molecule has 22 aromatic rings. The summed E-state index contributed by atoms with van der Waals surface area (Å²) in [4.78, 5) is 18.3. The van der Waals surface area contributed by atoms with Gasteiger partial charge in [0.2, 0.25) is 0 Å². The summed E-state index contributed by atoms with van der Waals surface area (Å²) < 4.78 is 5.00. The van der Waals surface area contributed by atoms with Gasteiger partial charge in [0.1, 0.15) is 12.0 Å². The first kappa shape index (κ1) is 78.6. The van der Waals surface area contributed by atoms with E-state index in [1.54, 1.807) is 0 Å². The zero-order chi connectivity index (χ0) is 88.8. The molecule has 0 saturated carbocycles. The SMILES string of the molecule is CN1C(c2cccc(-c3c(-c4ccc5c(c4)C4(c6ccccc6-5)c5ccc(-c6cccc(C7NC(c8cccc(-c9c(-c%10ccc(-n%11c%12ccccc%12c%12ccccc%12%11)cc%10)ccc%10ccccc9%10)c8)N(C)C(c8ccc(-c9ccccc9)cc8)N7C)c6)cc5-n5c6ccccc6c6cccc4c65)ccc4ccccc34)c2)=NC(c2ccc(-c3ccccc3)cc2)=NC1c1ccccc1. The van der Waals surface area contributed by atoms with Gasteiger partial charge >= 0.3 is 0 Å². The van der Waals surface area contributed by atoms with Crippen LogP contribution in [0.5, 0.6) is 0 Å². The first-order valence-corrected chi connectivity index (χ1v) is 46.5. The Kier molecular flexibility index (Phi) is 18.6. The molecule has 5 heterocycles. The highest BCUT2D eigenvalue weighted by molar-refractivity contribution is 6.16. The van der Waals surface area contributed by atoms with Crippen LogP contribution in [0.4, 0.5) is 0 Å². The second-order valence-corrected chi connectivity index (χ2v) is 36.4. The van der Waals surface area contributed by atoms with Crippen molar-refractivity contribution in [3.05, 3.63) is 517 Å². The van der Waals surface area contributed by atoms with Gasteiger partial charge in [-0.05, 0) is 230 Å². The van der Waals surface area contributed by atoms with E-state index in [0.717, 1.165) is 84.0 Å². The van der Waals surface area contributed by atoms with Gasteiger partial charge in [-0.1, -0.05) is 400 Å². The van der Waals surface area contributed by atoms with Crippen molar-refractivity contribution in [3.63, 3.8) is 0 Å². The largest absolute Gasteiger partial charge is 0.333 e. The lowest BCUT2D eigenvalue weighted by molar-refractivity contribution is -0.0659. The van der Waals surface area contributed by atoms with Crippen LogP contribution in [0.3, 0.4) is 0 Å². The summed E-state index contributed by atoms with van der Waals surface area (Å²) in [6, 6.07) is 172. The first-order chi connectivity index (χ1) is 66.2. The van der Waals surface area contributed by atoms with E-state index < -0.39 is 5.41 Å². The van der Waals surface area contributed by atoms with Gasteiger partial charge in [0.05, 0.1) is 51.7 Å². The molecule has 1 spiro atoms. The van der Waals surface area contributed by atoms with Gasteiger partial charge in [0.15, 0.2) is 5.84 Å². The molecule has 20 aromatic carbocycles. The average molecular weight is 1720 g/mol. The summed E-state index contributed by atoms with van der Waals surface area (Å²) in [5.41, 5.74) is 36.7. The van der Waals surface area contributed by atoms with E-state index in [1.807, 2.05) is 0 Å². The molecule has 8 nitrogen and oxygen atoms in total. The molecule has 0 bridgehead atoms. The van der Waals surface area contributed by atoms with Crippen LogP contribution < -0.4 is 5.32 Å². The number of hydrogen-bond acceptors (Lipinski definition) is 6. The normalized spacial score (nSPS) is 16.9. The third-order valence-corrected chi connectivity index (χ3v) is 29.1. The number of rotatable bonds is 14. The smallest absolute Gasteiger partial charge is 0.159 e. The molecule has 5 atom stereocenters. The Bertz CT molecular complexity index is 8490. The molecule has 1 aliphatic carbocycles. The van der Waals surface area contributed by atoms with Gasteiger partial charge < -0.3 is 14.0 Å². The third kappa shape index (κ3) is 12.5. The minimum Gasteiger partial charge on any atom is -0.333 e. The van der Waals surface area contributed by atoms with Crippen LogP contribution in [-0.4, -0.2) is 56.6 Å². The number of nitrogens with one attached hydrogen (secondary N) is 1. The molecule has 1 N–H and O–H groups in total. The number of para-hydroxylation sites is 4. The Morgan fingerprint density at radius 1 is 0.261 bits per heavy atom. The maximum Gasteiger partial charge on any atom is 0.159 e. The third-order valence-electron chi connectivity index (χ3n) is 29.1. The quantitative estimate of drug-likeness (QED) is 0.118. The molecule has 26 rings (SSSR count). The van der Waals surface area contributed by atoms with Crippen molar-refractivity contribution in [2.24, 2.45) is 9.98 Å². The molecule has 8 heteroatoms. The summed E-state index contributed by atoms with van der Waals surface area (Å²) in [5.74, 6) is 1.55. The highest BCUT2D eigenvalue weighted by Crippen LogP contribution is 2.63. The maximum absolute atomic E-state index is 5.54. The van der Waals surface area contributed by atoms with E-state index in [4.69, 9.17) is 9.98 Å². The van der Waals surface area contributed by atoms with Crippen LogP contribution in [0.15, 0.2) is 471 Å². The monoisotopic (exact) mass is 1710 g/mol. The van der Waals surface area contributed by atoms with Gasteiger partial charge in [0.25, 0.3) is 0 Å². The number of benzene rings is 20. The predicted octanol–water partition coefficient (Wildman–Crippen LogP) is 30.2. The number of nitrogens with zero attached hydrogens (tertiary/aromatic N) is 7. The second-order valence-electron chi connectivity index (χ2n) is 36.4. The van der Waals surface area contributed by atoms with Crippen LogP contribution in [0.2, 0.25) is 0 Å². The van der Waals surface area contributed by atoms with Gasteiger partial charge in [-0.3, -0.25) is 15.1 Å². The van der Waals surface area contributed by atoms with Crippen molar-refractivity contribution in [3.8, 4) is 100 Å². The fourth-order valence-corrected chi connectivity index (χ4v) is 23.0. The molecule has 0 amide bonds. The van der Waals surface area contributed by atoms with Crippen molar-refractivity contribution < 1.29 is 0 Å². The highest BCUT2D eigenvalue weighted by atomic mass is 15.5. The molecule has 1 fully saturated rings. The minimum absolute atomic E-state index is 0.149. The number of aromatic nitrogens is 2. The Morgan fingerprint density at radius 2 is 0.694 bits per heavy atom. The summed E-state index contributed by atoms with van der Waals surface area (Å²) in [7, 11) is 6.72. The van der Waals surface area contributed by atoms with Crippen LogP contribution >= 0.6 is 0 Å².